The van der Waals surface area contributed by atoms with Crippen molar-refractivity contribution in [2.75, 3.05) is 26.2 Å². The Morgan fingerprint density at radius 1 is 1.14 bits per heavy atom. The molecular formula is C14H21N5O3. The van der Waals surface area contributed by atoms with Crippen LogP contribution in [0.25, 0.3) is 0 Å². The van der Waals surface area contributed by atoms with Gasteiger partial charge in [-0.15, -0.1) is 0 Å². The van der Waals surface area contributed by atoms with Gasteiger partial charge in [-0.25, -0.2) is 9.89 Å². The van der Waals surface area contributed by atoms with Crippen molar-refractivity contribution in [2.45, 2.75) is 26.3 Å². The van der Waals surface area contributed by atoms with E-state index < -0.39 is 0 Å². The van der Waals surface area contributed by atoms with Gasteiger partial charge in [0.05, 0.1) is 0 Å². The van der Waals surface area contributed by atoms with Crippen LogP contribution >= 0.6 is 0 Å². The molecule has 2 heterocycles. The molecule has 0 saturated carbocycles. The lowest BCUT2D eigenvalue weighted by atomic mass is 10.1. The van der Waals surface area contributed by atoms with Crippen LogP contribution in [0.5, 0.6) is 0 Å². The van der Waals surface area contributed by atoms with E-state index in [4.69, 9.17) is 0 Å². The van der Waals surface area contributed by atoms with E-state index in [9.17, 15) is 14.4 Å². The third-order valence-electron chi connectivity index (χ3n) is 3.23. The first kappa shape index (κ1) is 16.0. The molecule has 22 heavy (non-hydrogen) atoms. The third-order valence-corrected chi connectivity index (χ3v) is 3.23. The molecule has 8 nitrogen and oxygen atoms in total. The Labute approximate surface area is 128 Å². The minimum Gasteiger partial charge on any atom is -0.334 e. The summed E-state index contributed by atoms with van der Waals surface area (Å²) in [5, 5.41) is 8.88. The van der Waals surface area contributed by atoms with Gasteiger partial charge in [-0.1, -0.05) is 0 Å². The summed E-state index contributed by atoms with van der Waals surface area (Å²) in [6.45, 7) is 7.59. The molecule has 120 valence electrons. The average Bonchev–Trinajstić information content (AvgIpc) is 2.46. The van der Waals surface area contributed by atoms with Crippen LogP contribution in [0.4, 0.5) is 4.79 Å². The highest BCUT2D eigenvalue weighted by Gasteiger charge is 2.27. The molecule has 1 aromatic heterocycles. The van der Waals surface area contributed by atoms with E-state index in [2.05, 4.69) is 15.5 Å². The Morgan fingerprint density at radius 2 is 1.73 bits per heavy atom. The Bertz CT molecular complexity index is 591. The molecule has 0 aliphatic carbocycles. The molecule has 0 radical (unpaired) electrons. The summed E-state index contributed by atoms with van der Waals surface area (Å²) in [5.74, 6) is -0.243. The maximum Gasteiger partial charge on any atom is 0.317 e. The second kappa shape index (κ2) is 6.17. The lowest BCUT2D eigenvalue weighted by molar-refractivity contribution is 0.0654. The number of piperazine rings is 1. The minimum absolute atomic E-state index is 0.123. The van der Waals surface area contributed by atoms with Crippen LogP contribution in [0.3, 0.4) is 0 Å². The van der Waals surface area contributed by atoms with Gasteiger partial charge in [-0.05, 0) is 26.8 Å². The summed E-state index contributed by atoms with van der Waals surface area (Å²) in [5.41, 5.74) is -0.434. The first-order chi connectivity index (χ1) is 10.3. The summed E-state index contributed by atoms with van der Waals surface area (Å²) in [7, 11) is 0. The highest BCUT2D eigenvalue weighted by molar-refractivity contribution is 5.92. The van der Waals surface area contributed by atoms with Gasteiger partial charge in [0.1, 0.15) is 5.69 Å². The number of aromatic nitrogens is 2. The fourth-order valence-electron chi connectivity index (χ4n) is 2.14. The maximum absolute atomic E-state index is 12.2. The topological polar surface area (TPSA) is 98.4 Å². The maximum atomic E-state index is 12.2. The predicted molar refractivity (Wildman–Crippen MR) is 80.6 cm³/mol. The van der Waals surface area contributed by atoms with Crippen LogP contribution in [0, 0.1) is 0 Å². The first-order valence-corrected chi connectivity index (χ1v) is 7.18. The number of nitrogens with one attached hydrogen (secondary N) is 2. The van der Waals surface area contributed by atoms with E-state index in [0.717, 1.165) is 0 Å². The predicted octanol–water partition coefficient (Wildman–Crippen LogP) is 0.0358. The lowest BCUT2D eigenvalue weighted by Gasteiger charge is -2.36. The Balaban J connectivity index is 1.92. The zero-order chi connectivity index (χ0) is 16.3. The van der Waals surface area contributed by atoms with Crippen LogP contribution < -0.4 is 10.9 Å². The molecule has 1 aliphatic rings. The number of hydrogen-bond donors (Lipinski definition) is 2. The normalized spacial score (nSPS) is 15.6. The molecule has 1 fully saturated rings. The molecule has 8 heteroatoms. The number of carbonyl (C=O) groups excluding carboxylic acids is 2. The van der Waals surface area contributed by atoms with Crippen molar-refractivity contribution >= 4 is 11.9 Å². The number of amides is 3. The molecule has 1 saturated heterocycles. The highest BCUT2D eigenvalue weighted by atomic mass is 16.2. The smallest absolute Gasteiger partial charge is 0.317 e. The fraction of sp³-hybridized carbons (Fsp3) is 0.571. The van der Waals surface area contributed by atoms with E-state index >= 15 is 0 Å². The lowest BCUT2D eigenvalue weighted by Crippen LogP contribution is -2.56. The summed E-state index contributed by atoms with van der Waals surface area (Å²) in [4.78, 5) is 38.6. The number of rotatable bonds is 1. The molecule has 0 bridgehead atoms. The second-order valence-electron chi connectivity index (χ2n) is 6.27. The van der Waals surface area contributed by atoms with Crippen molar-refractivity contribution in [2.24, 2.45) is 0 Å². The number of H-pyrrole nitrogens is 1. The van der Waals surface area contributed by atoms with Crippen molar-refractivity contribution in [3.05, 3.63) is 28.2 Å². The van der Waals surface area contributed by atoms with Crippen LogP contribution in [0.15, 0.2) is 16.9 Å². The zero-order valence-corrected chi connectivity index (χ0v) is 13.0. The molecule has 0 spiro atoms. The van der Waals surface area contributed by atoms with Crippen molar-refractivity contribution in [1.29, 1.82) is 0 Å². The van der Waals surface area contributed by atoms with Gasteiger partial charge in [0, 0.05) is 37.8 Å². The van der Waals surface area contributed by atoms with Gasteiger partial charge in [0.15, 0.2) is 0 Å². The third kappa shape index (κ3) is 4.06. The summed E-state index contributed by atoms with van der Waals surface area (Å²) in [6.07, 6.45) is 0. The van der Waals surface area contributed by atoms with E-state index in [1.54, 1.807) is 9.80 Å². The molecule has 0 atom stereocenters. The van der Waals surface area contributed by atoms with Crippen LogP contribution in [-0.4, -0.2) is 63.7 Å². The van der Waals surface area contributed by atoms with Crippen molar-refractivity contribution in [3.63, 3.8) is 0 Å². The highest BCUT2D eigenvalue weighted by Crippen LogP contribution is 2.08. The largest absolute Gasteiger partial charge is 0.334 e. The number of hydrogen-bond acceptors (Lipinski definition) is 4. The monoisotopic (exact) mass is 307 g/mol. The van der Waals surface area contributed by atoms with Crippen molar-refractivity contribution in [3.8, 4) is 0 Å². The molecule has 1 aliphatic heterocycles. The average molecular weight is 307 g/mol. The van der Waals surface area contributed by atoms with Gasteiger partial charge in [0.2, 0.25) is 0 Å². The van der Waals surface area contributed by atoms with Crippen LogP contribution in [-0.2, 0) is 0 Å². The molecule has 0 unspecified atom stereocenters. The van der Waals surface area contributed by atoms with Crippen LogP contribution in [0.2, 0.25) is 0 Å². The molecule has 3 amide bonds. The quantitative estimate of drug-likeness (QED) is 0.765. The zero-order valence-electron chi connectivity index (χ0n) is 13.0. The van der Waals surface area contributed by atoms with Gasteiger partial charge < -0.3 is 15.1 Å². The van der Waals surface area contributed by atoms with Crippen molar-refractivity contribution < 1.29 is 9.59 Å². The molecular weight excluding hydrogens is 286 g/mol. The molecule has 0 aromatic carbocycles. The molecule has 1 aromatic rings. The fourth-order valence-corrected chi connectivity index (χ4v) is 2.14. The number of nitrogens with zero attached hydrogens (tertiary/aromatic N) is 3. The number of aromatic amines is 1. The van der Waals surface area contributed by atoms with E-state index in [1.165, 1.54) is 12.1 Å². The summed E-state index contributed by atoms with van der Waals surface area (Å²) < 4.78 is 0. The summed E-state index contributed by atoms with van der Waals surface area (Å²) in [6, 6.07) is 2.55. The van der Waals surface area contributed by atoms with E-state index in [-0.39, 0.29) is 28.7 Å². The second-order valence-corrected chi connectivity index (χ2v) is 6.27. The Morgan fingerprint density at radius 3 is 2.23 bits per heavy atom. The van der Waals surface area contributed by atoms with E-state index in [0.29, 0.717) is 26.2 Å². The van der Waals surface area contributed by atoms with Gasteiger partial charge in [0.25, 0.3) is 11.5 Å². The standard InChI is InChI=1S/C14H21N5O3/c1-14(2,3)15-13(22)19-8-6-18(7-9-19)12(21)10-4-5-11(20)17-16-10/h4-5H,6-9H2,1-3H3,(H,15,22)(H,17,20). The van der Waals surface area contributed by atoms with Crippen molar-refractivity contribution in [1.82, 2.24) is 25.3 Å². The Hall–Kier alpha value is -2.38. The molecule has 2 rings (SSSR count). The summed E-state index contributed by atoms with van der Waals surface area (Å²) >= 11 is 0. The number of carbonyl (C=O) groups is 2. The molecule has 2 N–H and O–H groups in total. The van der Waals surface area contributed by atoms with Gasteiger partial charge in [-0.2, -0.15) is 5.10 Å². The first-order valence-electron chi connectivity index (χ1n) is 7.18. The SMILES string of the molecule is CC(C)(C)NC(=O)N1CCN(C(=O)c2ccc(=O)[nH]n2)CC1. The van der Waals surface area contributed by atoms with Gasteiger partial charge in [-0.3, -0.25) is 9.59 Å². The van der Waals surface area contributed by atoms with Crippen LogP contribution in [0.1, 0.15) is 31.3 Å². The van der Waals surface area contributed by atoms with Gasteiger partial charge >= 0.3 is 6.03 Å². The number of urea groups is 1. The minimum atomic E-state index is -0.347. The van der Waals surface area contributed by atoms with E-state index in [1.807, 2.05) is 20.8 Å². The Kier molecular flexibility index (Phi) is 4.48.